The molecule has 0 aliphatic carbocycles. The fourth-order valence-corrected chi connectivity index (χ4v) is 10.3. The highest BCUT2D eigenvalue weighted by atomic mass is 79.9. The van der Waals surface area contributed by atoms with Gasteiger partial charge in [-0.25, -0.2) is 27.9 Å². The monoisotopic (exact) mass is 1570 g/mol. The number of aromatic amines is 1. The van der Waals surface area contributed by atoms with Crippen LogP contribution in [0, 0.1) is 17.5 Å². The minimum atomic E-state index is -1.71. The Balaban J connectivity index is 0.000000216. The molecule has 0 bridgehead atoms. The number of nitrogens with two attached hydrogens (primary N) is 2. The van der Waals surface area contributed by atoms with E-state index in [9.17, 15) is 32.8 Å². The zero-order valence-electron chi connectivity index (χ0n) is 48.9. The van der Waals surface area contributed by atoms with Crippen molar-refractivity contribution in [2.75, 3.05) is 56.1 Å². The van der Waals surface area contributed by atoms with E-state index < -0.39 is 18.9 Å². The molecule has 7 heterocycles. The highest BCUT2D eigenvalue weighted by Crippen LogP contribution is 2.33. The Morgan fingerprint density at radius 3 is 1.65 bits per heavy atom. The van der Waals surface area contributed by atoms with Crippen molar-refractivity contribution < 1.29 is 51.8 Å². The minimum absolute atomic E-state index is 0. The zero-order chi connectivity index (χ0) is 63.8. The van der Waals surface area contributed by atoms with Gasteiger partial charge < -0.3 is 59.5 Å². The van der Waals surface area contributed by atoms with Crippen molar-refractivity contribution in [2.24, 2.45) is 16.5 Å². The van der Waals surface area contributed by atoms with E-state index in [2.05, 4.69) is 93.5 Å². The Morgan fingerprint density at radius 2 is 1.23 bits per heavy atom. The average Bonchev–Trinajstić information content (AvgIpc) is 1.71. The standard InChI is InChI=1S/C23H22BN3O4.2C12H10BrFN2O.C8H5Br2FO.C4H8N2O.C3H8ClN.2ClH/c1-31-23(28)19-13-25-22(21-18(19)12-20(26-21)24(29)30)27(14-16-8-4-2-5-9-16)15-17-10-6-3-7-11-17;2*13-9-4-1-3-8(11(9)14)10-7-16-5-2-6-17-12(16)15-10;9-4-7(12)5-2-1-3-6(10)8(5)11;5-4-6-2-1-3-7-4;4-2-1-3-5;;/h2-13,26,29-30H,14-15H2,1H3;2*1,3-4,7H,2,5-6H2;1-3H,4H2;1-3H2,(H2,5,6);1-3,5H2;2*1H. The van der Waals surface area contributed by atoms with Crippen LogP contribution in [0.1, 0.15) is 57.5 Å². The summed E-state index contributed by atoms with van der Waals surface area (Å²) < 4.78 is 66.5. The molecule has 0 saturated carbocycles. The van der Waals surface area contributed by atoms with Crippen LogP contribution in [0.4, 0.5) is 19.0 Å². The molecule has 5 aromatic carbocycles. The van der Waals surface area contributed by atoms with Crippen LogP contribution >= 0.6 is 100 Å². The van der Waals surface area contributed by atoms with Crippen LogP contribution in [0.3, 0.4) is 0 Å². The molecular weight excluding hydrogens is 1510 g/mol. The summed E-state index contributed by atoms with van der Waals surface area (Å²) in [5.41, 5.74) is 15.7. The van der Waals surface area contributed by atoms with Gasteiger partial charge in [0.25, 0.3) is 18.0 Å². The summed E-state index contributed by atoms with van der Waals surface area (Å²) in [6, 6.07) is 38.0. The van der Waals surface area contributed by atoms with Crippen molar-refractivity contribution >= 4 is 147 Å². The number of hydrogen-bond acceptors (Lipinski definition) is 15. The van der Waals surface area contributed by atoms with Gasteiger partial charge >= 0.3 is 13.1 Å². The van der Waals surface area contributed by atoms with Gasteiger partial charge in [0.05, 0.1) is 73.7 Å². The summed E-state index contributed by atoms with van der Waals surface area (Å²) >= 11 is 17.5. The lowest BCUT2D eigenvalue weighted by Gasteiger charge is -2.25. The van der Waals surface area contributed by atoms with Gasteiger partial charge in [0, 0.05) is 85.7 Å². The summed E-state index contributed by atoms with van der Waals surface area (Å²) in [5.74, 6) is -0.583. The number of ketones is 1. The molecule has 91 heavy (non-hydrogen) atoms. The molecule has 0 spiro atoms. The smallest absolute Gasteiger partial charge is 0.465 e. The number of halogens is 10. The highest BCUT2D eigenvalue weighted by molar-refractivity contribution is 9.11. The number of ether oxygens (including phenoxy) is 4. The number of amidine groups is 1. The quantitative estimate of drug-likeness (QED) is 0.0312. The first-order valence-electron chi connectivity index (χ1n) is 27.8. The Hall–Kier alpha value is -6.46. The predicted molar refractivity (Wildman–Crippen MR) is 369 cm³/mol. The van der Waals surface area contributed by atoms with E-state index >= 15 is 0 Å². The van der Waals surface area contributed by atoms with Crippen LogP contribution < -0.4 is 31.4 Å². The first-order valence-corrected chi connectivity index (χ1v) is 31.9. The molecule has 0 amide bonds. The summed E-state index contributed by atoms with van der Waals surface area (Å²) in [4.78, 5) is 45.4. The fourth-order valence-electron chi connectivity index (χ4n) is 8.74. The van der Waals surface area contributed by atoms with Gasteiger partial charge in [-0.2, -0.15) is 9.97 Å². The van der Waals surface area contributed by atoms with Crippen molar-refractivity contribution in [1.29, 1.82) is 0 Å². The second-order valence-electron chi connectivity index (χ2n) is 19.4. The van der Waals surface area contributed by atoms with E-state index in [-0.39, 0.29) is 64.3 Å². The Bertz CT molecular complexity index is 3610. The Morgan fingerprint density at radius 1 is 0.725 bits per heavy atom. The third-order valence-corrected chi connectivity index (χ3v) is 15.7. The molecule has 3 aliphatic heterocycles. The molecule has 4 aromatic heterocycles. The number of imidazole rings is 2. The predicted octanol–water partition coefficient (Wildman–Crippen LogP) is 13.0. The lowest BCUT2D eigenvalue weighted by Crippen LogP contribution is -2.30. The number of nitrogens with one attached hydrogen (secondary N) is 1. The lowest BCUT2D eigenvalue weighted by atomic mass is 9.86. The molecule has 7 N–H and O–H groups in total. The van der Waals surface area contributed by atoms with Crippen LogP contribution in [0.15, 0.2) is 158 Å². The maximum atomic E-state index is 13.9. The van der Waals surface area contributed by atoms with Gasteiger partial charge in [-0.15, -0.1) is 36.4 Å². The number of benzene rings is 5. The van der Waals surface area contributed by atoms with Gasteiger partial charge in [0.15, 0.2) is 11.6 Å². The molecule has 9 aromatic rings. The molecule has 0 unspecified atom stereocenters. The van der Waals surface area contributed by atoms with E-state index in [1.54, 1.807) is 54.6 Å². The number of nitrogens with zero attached hydrogens (tertiary/aromatic N) is 7. The maximum Gasteiger partial charge on any atom is 0.505 e. The number of aromatic nitrogens is 6. The number of hydrogen-bond donors (Lipinski definition) is 5. The van der Waals surface area contributed by atoms with Crippen LogP contribution in [0.25, 0.3) is 33.4 Å². The molecule has 0 radical (unpaired) electrons. The Labute approximate surface area is 575 Å². The van der Waals surface area contributed by atoms with Gasteiger partial charge in [-0.1, -0.05) is 94.8 Å². The van der Waals surface area contributed by atoms with Crippen LogP contribution in [0.2, 0.25) is 0 Å². The van der Waals surface area contributed by atoms with Crippen LogP contribution in [0.5, 0.6) is 12.0 Å². The van der Waals surface area contributed by atoms with Crippen molar-refractivity contribution in [3.05, 3.63) is 193 Å². The molecule has 18 nitrogen and oxygen atoms in total. The van der Waals surface area contributed by atoms with Crippen molar-refractivity contribution in [2.45, 2.75) is 51.9 Å². The number of aryl methyl sites for hydroxylation is 2. The highest BCUT2D eigenvalue weighted by Gasteiger charge is 2.25. The van der Waals surface area contributed by atoms with Crippen molar-refractivity contribution in [3.8, 4) is 34.5 Å². The lowest BCUT2D eigenvalue weighted by molar-refractivity contribution is 0.0602. The van der Waals surface area contributed by atoms with E-state index in [1.165, 1.54) is 19.4 Å². The number of anilines is 1. The third kappa shape index (κ3) is 21.6. The second-order valence-corrected chi connectivity index (χ2v) is 22.9. The normalized spacial score (nSPS) is 12.3. The minimum Gasteiger partial charge on any atom is -0.465 e. The van der Waals surface area contributed by atoms with E-state index in [0.717, 1.165) is 63.1 Å². The van der Waals surface area contributed by atoms with Crippen molar-refractivity contribution in [1.82, 2.24) is 29.1 Å². The van der Waals surface area contributed by atoms with Crippen molar-refractivity contribution in [3.63, 3.8) is 0 Å². The zero-order valence-corrected chi connectivity index (χ0v) is 57.7. The Kier molecular flexibility index (Phi) is 31.9. The number of aliphatic imine (C=N–C) groups is 1. The number of pyridine rings is 1. The van der Waals surface area contributed by atoms with Gasteiger partial charge in [-0.05, 0) is 127 Å². The number of Topliss-reactive ketones (excluding diaryl/α,β-unsaturated/α-hetero) is 1. The molecule has 0 atom stereocenters. The number of esters is 1. The number of carbonyl (C=O) groups excluding carboxylic acids is 2. The van der Waals surface area contributed by atoms with E-state index in [4.69, 9.17) is 42.0 Å². The first kappa shape index (κ1) is 75.3. The first-order chi connectivity index (χ1) is 43.0. The van der Waals surface area contributed by atoms with Gasteiger partial charge in [0.1, 0.15) is 17.5 Å². The van der Waals surface area contributed by atoms with Crippen LogP contribution in [-0.2, 0) is 35.7 Å². The SMILES string of the molecule is COC(=O)c1cnc(N(Cc2ccccc2)Cc2ccccc2)c2[nH]c(B(O)O)cc12.Cl.Cl.Fc1c(Br)cccc1-c1cn2c(n1)OCCC2.Fc1c(Br)cccc1-c1cn2c(n1)OCCC2.NC1=NCCCO1.NCCCCl.O=C(CBr)c1cccc(Br)c1F. The molecule has 0 saturated heterocycles. The summed E-state index contributed by atoms with van der Waals surface area (Å²) in [6.07, 6.45) is 8.99. The second kappa shape index (κ2) is 38.5. The summed E-state index contributed by atoms with van der Waals surface area (Å²) in [6.45, 7) is 6.52. The number of fused-ring (bicyclic) bond motifs is 3. The number of rotatable bonds is 13. The number of alkyl halides is 2. The molecule has 484 valence electrons. The molecule has 12 rings (SSSR count). The summed E-state index contributed by atoms with van der Waals surface area (Å²) in [5, 5.41) is 20.0. The molecule has 29 heteroatoms. The number of H-pyrrole nitrogens is 1. The summed E-state index contributed by atoms with van der Waals surface area (Å²) in [7, 11) is -0.407. The largest absolute Gasteiger partial charge is 0.505 e. The van der Waals surface area contributed by atoms with Gasteiger partial charge in [-0.3, -0.25) is 4.79 Å². The molecular formula is C62H65BBr4Cl3F3N10O8. The average molecular weight is 1570 g/mol. The van der Waals surface area contributed by atoms with Gasteiger partial charge in [0.2, 0.25) is 0 Å². The fraction of sp³-hybridized carbons (Fsp3) is 0.258. The third-order valence-electron chi connectivity index (χ3n) is 13.1. The van der Waals surface area contributed by atoms with Crippen LogP contribution in [-0.4, -0.2) is 115 Å². The number of methoxy groups -OCH3 is 1. The molecule has 3 aliphatic rings. The van der Waals surface area contributed by atoms with E-state index in [1.807, 2.05) is 82.2 Å². The topological polar surface area (TPSA) is 243 Å². The molecule has 0 fully saturated rings. The number of carbonyl (C=O) groups is 2. The maximum absolute atomic E-state index is 13.9. The van der Waals surface area contributed by atoms with E-state index in [0.29, 0.717) is 109 Å².